The van der Waals surface area contributed by atoms with E-state index in [1.807, 2.05) is 30.3 Å². The highest BCUT2D eigenvalue weighted by molar-refractivity contribution is 9.10. The van der Waals surface area contributed by atoms with Crippen molar-refractivity contribution in [2.24, 2.45) is 0 Å². The van der Waals surface area contributed by atoms with E-state index in [0.717, 1.165) is 5.56 Å². The Morgan fingerprint density at radius 2 is 1.95 bits per heavy atom. The van der Waals surface area contributed by atoms with Crippen LogP contribution in [0.5, 0.6) is 5.75 Å². The zero-order chi connectivity index (χ0) is 15.7. The molecule has 0 aliphatic rings. The van der Waals surface area contributed by atoms with Crippen LogP contribution in [0.2, 0.25) is 0 Å². The first-order chi connectivity index (χ1) is 10.6. The van der Waals surface area contributed by atoms with E-state index in [0.29, 0.717) is 26.8 Å². The second-order valence-electron chi connectivity index (χ2n) is 4.66. The van der Waals surface area contributed by atoms with Crippen molar-refractivity contribution in [2.45, 2.75) is 6.92 Å². The number of fused-ring (bicyclic) bond motifs is 1. The van der Waals surface area contributed by atoms with Crippen LogP contribution in [0.3, 0.4) is 0 Å². The highest BCUT2D eigenvalue weighted by atomic mass is 79.9. The van der Waals surface area contributed by atoms with E-state index in [2.05, 4.69) is 15.9 Å². The van der Waals surface area contributed by atoms with Crippen LogP contribution in [0.15, 0.2) is 51.4 Å². The summed E-state index contributed by atoms with van der Waals surface area (Å²) in [7, 11) is 0. The average molecular weight is 361 g/mol. The van der Waals surface area contributed by atoms with Crippen LogP contribution in [0.1, 0.15) is 17.3 Å². The van der Waals surface area contributed by atoms with Gasteiger partial charge in [0.2, 0.25) is 0 Å². The lowest BCUT2D eigenvalue weighted by Crippen LogP contribution is -2.05. The van der Waals surface area contributed by atoms with Gasteiger partial charge in [0, 0.05) is 5.56 Å². The van der Waals surface area contributed by atoms with Crippen molar-refractivity contribution in [1.82, 2.24) is 0 Å². The van der Waals surface area contributed by atoms with Crippen molar-refractivity contribution in [3.8, 4) is 17.1 Å². The smallest absolute Gasteiger partial charge is 0.342 e. The lowest BCUT2D eigenvalue weighted by molar-refractivity contribution is 0.0528. The standard InChI is InChI=1S/C17H13BrO4/c1-2-21-17(20)14-13-12(9-8-11(19)15(13)18)22-16(14)10-6-4-3-5-7-10/h3-9,19H,2H2,1H3. The molecule has 3 rings (SSSR count). The van der Waals surface area contributed by atoms with E-state index < -0.39 is 5.97 Å². The maximum atomic E-state index is 12.4. The van der Waals surface area contributed by atoms with Crippen molar-refractivity contribution < 1.29 is 19.1 Å². The number of aromatic hydroxyl groups is 1. The molecule has 4 nitrogen and oxygen atoms in total. The monoisotopic (exact) mass is 360 g/mol. The van der Waals surface area contributed by atoms with E-state index in [4.69, 9.17) is 9.15 Å². The third kappa shape index (κ3) is 2.37. The SMILES string of the molecule is CCOC(=O)c1c(-c2ccccc2)oc2ccc(O)c(Br)c12. The van der Waals surface area contributed by atoms with Gasteiger partial charge in [-0.2, -0.15) is 0 Å². The van der Waals surface area contributed by atoms with Gasteiger partial charge in [-0.15, -0.1) is 0 Å². The molecular formula is C17H13BrO4. The molecule has 5 heteroatoms. The van der Waals surface area contributed by atoms with Gasteiger partial charge in [0.25, 0.3) is 0 Å². The van der Waals surface area contributed by atoms with Crippen LogP contribution < -0.4 is 0 Å². The van der Waals surface area contributed by atoms with Crippen LogP contribution in [0.25, 0.3) is 22.3 Å². The predicted molar refractivity (Wildman–Crippen MR) is 87.0 cm³/mol. The minimum atomic E-state index is -0.480. The molecule has 1 aromatic heterocycles. The number of phenolic OH excluding ortho intramolecular Hbond substituents is 1. The van der Waals surface area contributed by atoms with E-state index in [-0.39, 0.29) is 12.4 Å². The van der Waals surface area contributed by atoms with Crippen molar-refractivity contribution in [2.75, 3.05) is 6.61 Å². The molecule has 22 heavy (non-hydrogen) atoms. The number of carbonyl (C=O) groups is 1. The summed E-state index contributed by atoms with van der Waals surface area (Å²) in [5.74, 6) is -0.00906. The van der Waals surface area contributed by atoms with Gasteiger partial charge in [0.05, 0.1) is 16.5 Å². The molecule has 0 amide bonds. The number of hydrogen-bond donors (Lipinski definition) is 1. The third-order valence-corrected chi connectivity index (χ3v) is 4.09. The number of rotatable bonds is 3. The molecule has 0 atom stereocenters. The molecule has 0 saturated carbocycles. The molecule has 1 N–H and O–H groups in total. The lowest BCUT2D eigenvalue weighted by Gasteiger charge is -2.04. The van der Waals surface area contributed by atoms with Crippen LogP contribution in [0, 0.1) is 0 Å². The van der Waals surface area contributed by atoms with Gasteiger partial charge in [0.1, 0.15) is 22.7 Å². The molecule has 0 aliphatic heterocycles. The zero-order valence-electron chi connectivity index (χ0n) is 11.8. The first-order valence-electron chi connectivity index (χ1n) is 6.80. The highest BCUT2D eigenvalue weighted by Gasteiger charge is 2.25. The molecule has 2 aromatic carbocycles. The molecule has 0 fully saturated rings. The third-order valence-electron chi connectivity index (χ3n) is 3.29. The first kappa shape index (κ1) is 14.7. The van der Waals surface area contributed by atoms with Gasteiger partial charge in [-0.05, 0) is 35.0 Å². The van der Waals surface area contributed by atoms with Gasteiger partial charge >= 0.3 is 5.97 Å². The second kappa shape index (κ2) is 5.85. The number of ether oxygens (including phenoxy) is 1. The van der Waals surface area contributed by atoms with Crippen molar-refractivity contribution in [3.05, 3.63) is 52.5 Å². The molecule has 3 aromatic rings. The first-order valence-corrected chi connectivity index (χ1v) is 7.59. The number of esters is 1. The molecule has 0 spiro atoms. The predicted octanol–water partition coefficient (Wildman–Crippen LogP) is 4.74. The van der Waals surface area contributed by atoms with Gasteiger partial charge in [-0.3, -0.25) is 0 Å². The maximum Gasteiger partial charge on any atom is 0.342 e. The fourth-order valence-electron chi connectivity index (χ4n) is 2.33. The van der Waals surface area contributed by atoms with Crippen LogP contribution in [0.4, 0.5) is 0 Å². The van der Waals surface area contributed by atoms with E-state index in [1.165, 1.54) is 6.07 Å². The zero-order valence-corrected chi connectivity index (χ0v) is 13.4. The summed E-state index contributed by atoms with van der Waals surface area (Å²) in [6.45, 7) is 2.01. The fraction of sp³-hybridized carbons (Fsp3) is 0.118. The van der Waals surface area contributed by atoms with Gasteiger partial charge in [0.15, 0.2) is 0 Å². The van der Waals surface area contributed by atoms with Gasteiger partial charge in [-0.25, -0.2) is 4.79 Å². The Morgan fingerprint density at radius 1 is 1.23 bits per heavy atom. The second-order valence-corrected chi connectivity index (χ2v) is 5.46. The largest absolute Gasteiger partial charge is 0.507 e. The summed E-state index contributed by atoms with van der Waals surface area (Å²) in [5, 5.41) is 10.4. The van der Waals surface area contributed by atoms with E-state index in [9.17, 15) is 9.90 Å². The Kier molecular flexibility index (Phi) is 3.90. The summed E-state index contributed by atoms with van der Waals surface area (Å²) in [4.78, 5) is 12.4. The number of phenols is 1. The summed E-state index contributed by atoms with van der Waals surface area (Å²) in [5.41, 5.74) is 1.59. The number of halogens is 1. The Bertz CT molecular complexity index is 837. The molecule has 0 radical (unpaired) electrons. The molecular weight excluding hydrogens is 348 g/mol. The van der Waals surface area contributed by atoms with Crippen LogP contribution in [-0.2, 0) is 4.74 Å². The molecule has 0 saturated heterocycles. The topological polar surface area (TPSA) is 59.7 Å². The van der Waals surface area contributed by atoms with Crippen molar-refractivity contribution >= 4 is 32.9 Å². The molecule has 0 unspecified atom stereocenters. The van der Waals surface area contributed by atoms with Gasteiger partial charge in [-0.1, -0.05) is 30.3 Å². The quantitative estimate of drug-likeness (QED) is 0.685. The van der Waals surface area contributed by atoms with Crippen LogP contribution in [-0.4, -0.2) is 17.7 Å². The van der Waals surface area contributed by atoms with Gasteiger partial charge < -0.3 is 14.3 Å². The number of benzene rings is 2. The summed E-state index contributed by atoms with van der Waals surface area (Å²) >= 11 is 3.32. The summed E-state index contributed by atoms with van der Waals surface area (Å²) in [6, 6.07) is 12.5. The lowest BCUT2D eigenvalue weighted by atomic mass is 10.1. The number of furan rings is 1. The maximum absolute atomic E-state index is 12.4. The number of carbonyl (C=O) groups excluding carboxylic acids is 1. The minimum absolute atomic E-state index is 0.0402. The van der Waals surface area contributed by atoms with Crippen molar-refractivity contribution in [3.63, 3.8) is 0 Å². The molecule has 0 aliphatic carbocycles. The van der Waals surface area contributed by atoms with Crippen molar-refractivity contribution in [1.29, 1.82) is 0 Å². The Labute approximate surface area is 135 Å². The Hall–Kier alpha value is -2.27. The average Bonchev–Trinajstić information content (AvgIpc) is 2.92. The number of hydrogen-bond acceptors (Lipinski definition) is 4. The van der Waals surface area contributed by atoms with E-state index in [1.54, 1.807) is 13.0 Å². The van der Waals surface area contributed by atoms with Crippen LogP contribution >= 0.6 is 15.9 Å². The molecule has 1 heterocycles. The summed E-state index contributed by atoms with van der Waals surface area (Å²) < 4.78 is 11.4. The molecule has 112 valence electrons. The summed E-state index contributed by atoms with van der Waals surface area (Å²) in [6.07, 6.45) is 0. The molecule has 0 bridgehead atoms. The van der Waals surface area contributed by atoms with E-state index >= 15 is 0 Å². The normalized spacial score (nSPS) is 10.8. The highest BCUT2D eigenvalue weighted by Crippen LogP contribution is 2.41. The fourth-order valence-corrected chi connectivity index (χ4v) is 2.86. The Morgan fingerprint density at radius 3 is 2.64 bits per heavy atom. The Balaban J connectivity index is 2.35. The minimum Gasteiger partial charge on any atom is -0.507 e.